The van der Waals surface area contributed by atoms with Crippen LogP contribution in [0.3, 0.4) is 0 Å². The van der Waals surface area contributed by atoms with Gasteiger partial charge < -0.3 is 0 Å². The fraction of sp³-hybridized carbons (Fsp3) is 0.500. The number of nitrogens with zero attached hydrogens (tertiary/aromatic N) is 1. The topological polar surface area (TPSA) is 12.4 Å². The van der Waals surface area contributed by atoms with Gasteiger partial charge in [0, 0.05) is 4.20 Å². The summed E-state index contributed by atoms with van der Waals surface area (Å²) in [6, 6.07) is 0. The van der Waals surface area contributed by atoms with Crippen molar-refractivity contribution in [3.05, 3.63) is 0 Å². The monoisotopic (exact) mass is 225 g/mol. The van der Waals surface area contributed by atoms with Crippen molar-refractivity contribution in [3.63, 3.8) is 0 Å². The minimum absolute atomic E-state index is 0. The molecule has 0 saturated carbocycles. The van der Waals surface area contributed by atoms with E-state index in [4.69, 9.17) is 24.4 Å². The van der Waals surface area contributed by atoms with Gasteiger partial charge in [0.1, 0.15) is 0 Å². The Kier molecular flexibility index (Phi) is 11.1. The molecule has 0 heterocycles. The first-order valence-corrected chi connectivity index (χ1v) is 5.22. The van der Waals surface area contributed by atoms with Crippen LogP contribution in [0.5, 0.6) is 0 Å². The minimum Gasteiger partial charge on any atom is -0.246 e. The summed E-state index contributed by atoms with van der Waals surface area (Å²) < 4.78 is 1.52. The molecular formula is C6H11NS4. The zero-order valence-electron chi connectivity index (χ0n) is 5.49. The van der Waals surface area contributed by atoms with Gasteiger partial charge in [-0.2, -0.15) is 0 Å². The van der Waals surface area contributed by atoms with Crippen molar-refractivity contribution in [2.75, 3.05) is 5.08 Å². The van der Waals surface area contributed by atoms with Gasteiger partial charge in [-0.1, -0.05) is 43.6 Å². The summed E-state index contributed by atoms with van der Waals surface area (Å²) in [4.78, 5) is 3.57. The average molecular weight is 225 g/mol. The van der Waals surface area contributed by atoms with Gasteiger partial charge >= 0.3 is 0 Å². The van der Waals surface area contributed by atoms with E-state index >= 15 is 0 Å². The first kappa shape index (κ1) is 14.1. The first-order valence-electron chi connectivity index (χ1n) is 2.43. The van der Waals surface area contributed by atoms with E-state index in [1.807, 2.05) is 6.92 Å². The molecule has 0 aromatic carbocycles. The smallest absolute Gasteiger partial charge is 0.159 e. The highest BCUT2D eigenvalue weighted by Crippen LogP contribution is 2.15. The van der Waals surface area contributed by atoms with Crippen LogP contribution >= 0.6 is 48.0 Å². The number of aliphatic imine (C=N–C) groups is 1. The fourth-order valence-electron chi connectivity index (χ4n) is 0.208. The Morgan fingerprint density at radius 3 is 2.36 bits per heavy atom. The number of thioether (sulfide) groups is 2. The standard InChI is InChI=1S/C5H7NS4.CH4/c1-4(7)9-3-10-5(8)6-2;/h2-3H2,1H3;1H4. The molecule has 0 atom stereocenters. The van der Waals surface area contributed by atoms with Gasteiger partial charge in [0.15, 0.2) is 4.32 Å². The predicted octanol–water partition coefficient (Wildman–Crippen LogP) is 3.38. The summed E-state index contributed by atoms with van der Waals surface area (Å²) in [5.41, 5.74) is 0. The van der Waals surface area contributed by atoms with Gasteiger partial charge in [-0.3, -0.25) is 0 Å². The predicted molar refractivity (Wildman–Crippen MR) is 67.2 cm³/mol. The highest BCUT2D eigenvalue weighted by molar-refractivity contribution is 8.35. The van der Waals surface area contributed by atoms with E-state index in [9.17, 15) is 0 Å². The van der Waals surface area contributed by atoms with E-state index in [1.54, 1.807) is 11.8 Å². The van der Waals surface area contributed by atoms with Crippen LogP contribution in [0, 0.1) is 0 Å². The molecule has 0 aromatic heterocycles. The maximum atomic E-state index is 4.84. The molecule has 5 heteroatoms. The lowest BCUT2D eigenvalue weighted by Crippen LogP contribution is -1.83. The van der Waals surface area contributed by atoms with Crippen molar-refractivity contribution in [2.45, 2.75) is 14.4 Å². The first-order chi connectivity index (χ1) is 4.66. The molecule has 0 fully saturated rings. The minimum atomic E-state index is 0. The van der Waals surface area contributed by atoms with Crippen molar-refractivity contribution in [3.8, 4) is 0 Å². The Labute approximate surface area is 87.4 Å². The SMILES string of the molecule is C.C=NC(=S)SCSC(C)=S. The fourth-order valence-corrected chi connectivity index (χ4v) is 2.47. The molecule has 0 rings (SSSR count). The summed E-state index contributed by atoms with van der Waals surface area (Å²) >= 11 is 12.7. The van der Waals surface area contributed by atoms with Crippen LogP contribution in [0.4, 0.5) is 0 Å². The van der Waals surface area contributed by atoms with Gasteiger partial charge in [0.2, 0.25) is 0 Å². The van der Waals surface area contributed by atoms with Crippen molar-refractivity contribution in [1.29, 1.82) is 0 Å². The van der Waals surface area contributed by atoms with E-state index < -0.39 is 0 Å². The normalized spacial score (nSPS) is 8.09. The number of rotatable bonds is 2. The van der Waals surface area contributed by atoms with Crippen LogP contribution < -0.4 is 0 Å². The van der Waals surface area contributed by atoms with Gasteiger partial charge in [-0.05, 0) is 13.6 Å². The molecule has 0 bridgehead atoms. The Morgan fingerprint density at radius 2 is 2.00 bits per heavy atom. The van der Waals surface area contributed by atoms with Crippen LogP contribution in [0.2, 0.25) is 0 Å². The van der Waals surface area contributed by atoms with Crippen LogP contribution in [0.25, 0.3) is 0 Å². The van der Waals surface area contributed by atoms with Crippen LogP contribution in [-0.4, -0.2) is 20.3 Å². The molecule has 0 aromatic rings. The Balaban J connectivity index is 0. The maximum absolute atomic E-state index is 4.84. The highest BCUT2D eigenvalue weighted by atomic mass is 32.2. The van der Waals surface area contributed by atoms with Crippen molar-refractivity contribution < 1.29 is 0 Å². The zero-order valence-corrected chi connectivity index (χ0v) is 8.76. The van der Waals surface area contributed by atoms with Gasteiger partial charge in [-0.25, -0.2) is 4.99 Å². The van der Waals surface area contributed by atoms with E-state index in [2.05, 4.69) is 11.7 Å². The third kappa shape index (κ3) is 10.6. The summed E-state index contributed by atoms with van der Waals surface area (Å²) in [5.74, 6) is 0. The van der Waals surface area contributed by atoms with Crippen molar-refractivity contribution in [1.82, 2.24) is 0 Å². The Hall–Kier alpha value is 0.550. The molecule has 11 heavy (non-hydrogen) atoms. The molecule has 64 valence electrons. The average Bonchev–Trinajstić information content (AvgIpc) is 1.87. The van der Waals surface area contributed by atoms with Gasteiger partial charge in [0.05, 0.1) is 5.08 Å². The Morgan fingerprint density at radius 1 is 1.45 bits per heavy atom. The van der Waals surface area contributed by atoms with Crippen molar-refractivity contribution in [2.24, 2.45) is 4.99 Å². The summed E-state index contributed by atoms with van der Waals surface area (Å²) in [6.45, 7) is 5.20. The van der Waals surface area contributed by atoms with E-state index in [0.717, 1.165) is 9.28 Å². The molecule has 0 radical (unpaired) electrons. The molecule has 0 spiro atoms. The molecule has 0 N–H and O–H groups in total. The molecule has 0 amide bonds. The third-order valence-electron chi connectivity index (χ3n) is 0.574. The highest BCUT2D eigenvalue weighted by Gasteiger charge is 1.93. The largest absolute Gasteiger partial charge is 0.246 e. The lowest BCUT2D eigenvalue weighted by atomic mass is 11.0. The molecule has 1 nitrogen and oxygen atoms in total. The van der Waals surface area contributed by atoms with Gasteiger partial charge in [-0.15, -0.1) is 11.8 Å². The van der Waals surface area contributed by atoms with Crippen LogP contribution in [0.1, 0.15) is 14.4 Å². The summed E-state index contributed by atoms with van der Waals surface area (Å²) in [5, 5.41) is 0.840. The van der Waals surface area contributed by atoms with Crippen molar-refractivity contribution >= 4 is 63.2 Å². The molecular weight excluding hydrogens is 214 g/mol. The number of hydrogen-bond donors (Lipinski definition) is 0. The maximum Gasteiger partial charge on any atom is 0.159 e. The van der Waals surface area contributed by atoms with E-state index in [1.165, 1.54) is 11.8 Å². The summed E-state index contributed by atoms with van der Waals surface area (Å²) in [6.07, 6.45) is 0. The molecule has 0 aliphatic carbocycles. The van der Waals surface area contributed by atoms with Gasteiger partial charge in [0.25, 0.3) is 0 Å². The van der Waals surface area contributed by atoms with E-state index in [-0.39, 0.29) is 7.43 Å². The van der Waals surface area contributed by atoms with Crippen LogP contribution in [0.15, 0.2) is 4.99 Å². The number of thiocarbonyl (C=S) groups is 2. The second-order valence-electron chi connectivity index (χ2n) is 1.32. The second kappa shape index (κ2) is 8.64. The summed E-state index contributed by atoms with van der Waals surface area (Å²) in [7, 11) is 0. The van der Waals surface area contributed by atoms with E-state index in [0.29, 0.717) is 4.32 Å². The lowest BCUT2D eigenvalue weighted by Gasteiger charge is -1.95. The Bertz CT molecular complexity index is 155. The molecule has 0 saturated heterocycles. The van der Waals surface area contributed by atoms with Crippen LogP contribution in [-0.2, 0) is 0 Å². The molecule has 0 aliphatic heterocycles. The quantitative estimate of drug-likeness (QED) is 0.405. The molecule has 0 unspecified atom stereocenters. The second-order valence-corrected chi connectivity index (χ2v) is 5.36. The molecule has 0 aliphatic rings. The third-order valence-corrected chi connectivity index (χ3v) is 3.14. The zero-order chi connectivity index (χ0) is 7.98. The lowest BCUT2D eigenvalue weighted by molar-refractivity contribution is 1.91. The number of hydrogen-bond acceptors (Lipinski definition) is 4.